The molecule has 0 amide bonds. The zero-order valence-electron chi connectivity index (χ0n) is 11.1. The fourth-order valence-electron chi connectivity index (χ4n) is 2.24. The second-order valence-electron chi connectivity index (χ2n) is 4.63. The number of hydrogen-bond donors (Lipinski definition) is 0. The largest absolute Gasteiger partial charge is 0.416 e. The zero-order chi connectivity index (χ0) is 14.0. The van der Waals surface area contributed by atoms with Crippen LogP contribution in [0.2, 0.25) is 0 Å². The van der Waals surface area contributed by atoms with Gasteiger partial charge in [-0.3, -0.25) is 0 Å². The molecule has 0 fully saturated rings. The Labute approximate surface area is 110 Å². The standard InChI is InChI=1S/C14H17F3N2/c1-3-5-13-18-11-9-10(14(15,16)17)6-7-12(11)19(13)8-4-2/h6-7,9H,3-5,8H2,1-2H3. The molecule has 1 heterocycles. The van der Waals surface area contributed by atoms with Gasteiger partial charge in [0.1, 0.15) is 5.82 Å². The highest BCUT2D eigenvalue weighted by Gasteiger charge is 2.31. The normalized spacial score (nSPS) is 12.3. The number of fused-ring (bicyclic) bond motifs is 1. The molecule has 104 valence electrons. The number of rotatable bonds is 4. The van der Waals surface area contributed by atoms with E-state index in [9.17, 15) is 13.2 Å². The van der Waals surface area contributed by atoms with Crippen LogP contribution >= 0.6 is 0 Å². The average molecular weight is 270 g/mol. The van der Waals surface area contributed by atoms with Gasteiger partial charge >= 0.3 is 6.18 Å². The molecule has 2 nitrogen and oxygen atoms in total. The molecule has 0 saturated carbocycles. The Morgan fingerprint density at radius 2 is 1.89 bits per heavy atom. The zero-order valence-corrected chi connectivity index (χ0v) is 11.1. The molecule has 19 heavy (non-hydrogen) atoms. The Balaban J connectivity index is 2.55. The van der Waals surface area contributed by atoms with Gasteiger partial charge in [0, 0.05) is 13.0 Å². The summed E-state index contributed by atoms with van der Waals surface area (Å²) in [5, 5.41) is 0. The third-order valence-electron chi connectivity index (χ3n) is 3.08. The molecule has 1 aromatic heterocycles. The van der Waals surface area contributed by atoms with Crippen LogP contribution in [0.4, 0.5) is 13.2 Å². The van der Waals surface area contributed by atoms with Crippen LogP contribution < -0.4 is 0 Å². The number of imidazole rings is 1. The molecule has 0 aliphatic rings. The Hall–Kier alpha value is -1.52. The molecule has 0 aliphatic carbocycles. The fraction of sp³-hybridized carbons (Fsp3) is 0.500. The first-order valence-electron chi connectivity index (χ1n) is 6.53. The predicted octanol–water partition coefficient (Wildman–Crippen LogP) is 4.42. The van der Waals surface area contributed by atoms with Crippen molar-refractivity contribution in [1.82, 2.24) is 9.55 Å². The molecule has 5 heteroatoms. The van der Waals surface area contributed by atoms with E-state index < -0.39 is 11.7 Å². The Bertz CT molecular complexity index is 570. The van der Waals surface area contributed by atoms with Crippen LogP contribution in [0.3, 0.4) is 0 Å². The van der Waals surface area contributed by atoms with Crippen LogP contribution in [0.5, 0.6) is 0 Å². The van der Waals surface area contributed by atoms with Gasteiger partial charge in [0.05, 0.1) is 16.6 Å². The van der Waals surface area contributed by atoms with E-state index >= 15 is 0 Å². The molecule has 0 aliphatic heterocycles. The van der Waals surface area contributed by atoms with Gasteiger partial charge < -0.3 is 4.57 Å². The minimum Gasteiger partial charge on any atom is -0.328 e. The topological polar surface area (TPSA) is 17.8 Å². The van der Waals surface area contributed by atoms with Crippen LogP contribution in [-0.4, -0.2) is 9.55 Å². The summed E-state index contributed by atoms with van der Waals surface area (Å²) in [6, 6.07) is 3.80. The van der Waals surface area contributed by atoms with Gasteiger partial charge in [-0.1, -0.05) is 13.8 Å². The smallest absolute Gasteiger partial charge is 0.328 e. The minimum absolute atomic E-state index is 0.437. The van der Waals surface area contributed by atoms with Gasteiger partial charge in [0.2, 0.25) is 0 Å². The molecular weight excluding hydrogens is 253 g/mol. The molecule has 0 atom stereocenters. The van der Waals surface area contributed by atoms with E-state index in [0.29, 0.717) is 5.52 Å². The quantitative estimate of drug-likeness (QED) is 0.804. The minimum atomic E-state index is -4.31. The lowest BCUT2D eigenvalue weighted by molar-refractivity contribution is -0.137. The van der Waals surface area contributed by atoms with Crippen molar-refractivity contribution >= 4 is 11.0 Å². The van der Waals surface area contributed by atoms with E-state index in [1.165, 1.54) is 6.07 Å². The summed E-state index contributed by atoms with van der Waals surface area (Å²) in [4.78, 5) is 4.36. The highest BCUT2D eigenvalue weighted by Crippen LogP contribution is 2.31. The number of benzene rings is 1. The molecule has 1 aromatic carbocycles. The molecule has 2 aromatic rings. The van der Waals surface area contributed by atoms with Gasteiger partial charge in [-0.25, -0.2) is 4.98 Å². The summed E-state index contributed by atoms with van der Waals surface area (Å²) in [5.74, 6) is 0.874. The van der Waals surface area contributed by atoms with Crippen LogP contribution in [0.15, 0.2) is 18.2 Å². The second-order valence-corrected chi connectivity index (χ2v) is 4.63. The number of hydrogen-bond acceptors (Lipinski definition) is 1. The van der Waals surface area contributed by atoms with Crippen LogP contribution in [0, 0.1) is 0 Å². The van der Waals surface area contributed by atoms with Gasteiger partial charge in [-0.05, 0) is 31.0 Å². The summed E-state index contributed by atoms with van der Waals surface area (Å²) < 4.78 is 40.1. The summed E-state index contributed by atoms with van der Waals surface area (Å²) in [5.41, 5.74) is 0.592. The van der Waals surface area contributed by atoms with E-state index in [-0.39, 0.29) is 0 Å². The van der Waals surface area contributed by atoms with Crippen molar-refractivity contribution in [3.05, 3.63) is 29.6 Å². The third-order valence-corrected chi connectivity index (χ3v) is 3.08. The van der Waals surface area contributed by atoms with E-state index in [1.54, 1.807) is 0 Å². The molecule has 0 spiro atoms. The van der Waals surface area contributed by atoms with Gasteiger partial charge in [0.15, 0.2) is 0 Å². The molecular formula is C14H17F3N2. The first kappa shape index (κ1) is 13.9. The molecule has 0 radical (unpaired) electrons. The Morgan fingerprint density at radius 3 is 2.47 bits per heavy atom. The molecule has 0 saturated heterocycles. The number of halogens is 3. The molecule has 0 unspecified atom stereocenters. The Kier molecular flexibility index (Phi) is 3.83. The van der Waals surface area contributed by atoms with Crippen LogP contribution in [0.1, 0.15) is 38.1 Å². The average Bonchev–Trinajstić information content (AvgIpc) is 2.67. The Morgan fingerprint density at radius 1 is 1.16 bits per heavy atom. The van der Waals surface area contributed by atoms with E-state index in [0.717, 1.165) is 49.3 Å². The number of aryl methyl sites for hydroxylation is 2. The maximum absolute atomic E-state index is 12.7. The maximum atomic E-state index is 12.7. The van der Waals surface area contributed by atoms with Gasteiger partial charge in [-0.2, -0.15) is 13.2 Å². The van der Waals surface area contributed by atoms with Gasteiger partial charge in [-0.15, -0.1) is 0 Å². The van der Waals surface area contributed by atoms with Crippen molar-refractivity contribution in [2.45, 2.75) is 45.8 Å². The third kappa shape index (κ3) is 2.74. The highest BCUT2D eigenvalue weighted by molar-refractivity contribution is 5.77. The number of aromatic nitrogens is 2. The summed E-state index contributed by atoms with van der Waals surface area (Å²) in [6.45, 7) is 4.87. The molecule has 2 rings (SSSR count). The summed E-state index contributed by atoms with van der Waals surface area (Å²) in [7, 11) is 0. The van der Waals surface area contributed by atoms with E-state index in [4.69, 9.17) is 0 Å². The lowest BCUT2D eigenvalue weighted by Crippen LogP contribution is -2.05. The first-order valence-corrected chi connectivity index (χ1v) is 6.53. The van der Waals surface area contributed by atoms with Gasteiger partial charge in [0.25, 0.3) is 0 Å². The molecule has 0 bridgehead atoms. The predicted molar refractivity (Wildman–Crippen MR) is 69.0 cm³/mol. The lowest BCUT2D eigenvalue weighted by Gasteiger charge is -2.08. The summed E-state index contributed by atoms with van der Waals surface area (Å²) >= 11 is 0. The van der Waals surface area contributed by atoms with Crippen molar-refractivity contribution in [1.29, 1.82) is 0 Å². The summed E-state index contributed by atoms with van der Waals surface area (Å²) in [6.07, 6.45) is -1.66. The van der Waals surface area contributed by atoms with E-state index in [1.807, 2.05) is 18.4 Å². The highest BCUT2D eigenvalue weighted by atomic mass is 19.4. The van der Waals surface area contributed by atoms with Crippen molar-refractivity contribution in [3.63, 3.8) is 0 Å². The lowest BCUT2D eigenvalue weighted by atomic mass is 10.2. The first-order chi connectivity index (χ1) is 8.97. The van der Waals surface area contributed by atoms with Crippen molar-refractivity contribution in [2.75, 3.05) is 0 Å². The number of alkyl halides is 3. The number of nitrogens with zero attached hydrogens (tertiary/aromatic N) is 2. The van der Waals surface area contributed by atoms with Crippen molar-refractivity contribution < 1.29 is 13.2 Å². The SMILES string of the molecule is CCCc1nc2cc(C(F)(F)F)ccc2n1CCC. The second kappa shape index (κ2) is 5.23. The van der Waals surface area contributed by atoms with Crippen LogP contribution in [0.25, 0.3) is 11.0 Å². The van der Waals surface area contributed by atoms with E-state index in [2.05, 4.69) is 4.98 Å². The molecule has 0 N–H and O–H groups in total. The van der Waals surface area contributed by atoms with Crippen molar-refractivity contribution in [3.8, 4) is 0 Å². The monoisotopic (exact) mass is 270 g/mol. The fourth-order valence-corrected chi connectivity index (χ4v) is 2.24. The maximum Gasteiger partial charge on any atom is 0.416 e. The van der Waals surface area contributed by atoms with Crippen LogP contribution in [-0.2, 0) is 19.1 Å². The van der Waals surface area contributed by atoms with Crippen molar-refractivity contribution in [2.24, 2.45) is 0 Å².